The summed E-state index contributed by atoms with van der Waals surface area (Å²) in [4.78, 5) is 12.3. The van der Waals surface area contributed by atoms with Gasteiger partial charge in [0.2, 0.25) is 0 Å². The highest BCUT2D eigenvalue weighted by Gasteiger charge is 2.18. The molecule has 21 heavy (non-hydrogen) atoms. The molecular weight excluding hydrogens is 264 g/mol. The van der Waals surface area contributed by atoms with Crippen molar-refractivity contribution in [3.05, 3.63) is 47.8 Å². The Bertz CT molecular complexity index is 614. The Hall–Kier alpha value is -2.14. The number of nitrogens with one attached hydrogen (secondary N) is 2. The van der Waals surface area contributed by atoms with Gasteiger partial charge in [0, 0.05) is 12.6 Å². The first-order valence-electron chi connectivity index (χ1n) is 7.37. The van der Waals surface area contributed by atoms with Crippen LogP contribution >= 0.6 is 0 Å². The highest BCUT2D eigenvalue weighted by molar-refractivity contribution is 5.95. The van der Waals surface area contributed by atoms with Crippen LogP contribution in [-0.4, -0.2) is 34.8 Å². The number of carbonyl (C=O) groups excluding carboxylic acids is 1. The molecule has 0 saturated carbocycles. The van der Waals surface area contributed by atoms with Crippen LogP contribution in [0.15, 0.2) is 36.5 Å². The van der Waals surface area contributed by atoms with E-state index in [1.54, 1.807) is 10.9 Å². The zero-order valence-corrected chi connectivity index (χ0v) is 12.2. The Labute approximate surface area is 124 Å². The van der Waals surface area contributed by atoms with Gasteiger partial charge in [0.05, 0.1) is 23.1 Å². The molecule has 0 spiro atoms. The molecule has 1 unspecified atom stereocenters. The third-order valence-corrected chi connectivity index (χ3v) is 3.93. The van der Waals surface area contributed by atoms with Crippen LogP contribution < -0.4 is 10.6 Å². The lowest BCUT2D eigenvalue weighted by Crippen LogP contribution is -2.37. The lowest BCUT2D eigenvalue weighted by molar-refractivity contribution is 0.0949. The number of rotatable bonds is 4. The van der Waals surface area contributed by atoms with Crippen molar-refractivity contribution < 1.29 is 4.79 Å². The van der Waals surface area contributed by atoms with E-state index < -0.39 is 0 Å². The molecule has 1 fully saturated rings. The molecule has 1 aliphatic heterocycles. The first-order valence-corrected chi connectivity index (χ1v) is 7.37. The number of hydrogen-bond acceptors (Lipinski definition) is 3. The quantitative estimate of drug-likeness (QED) is 0.898. The molecule has 1 aromatic carbocycles. The van der Waals surface area contributed by atoms with Crippen molar-refractivity contribution in [1.29, 1.82) is 0 Å². The summed E-state index contributed by atoms with van der Waals surface area (Å²) in [6.07, 6.45) is 3.95. The monoisotopic (exact) mass is 284 g/mol. The van der Waals surface area contributed by atoms with Crippen LogP contribution in [0, 0.1) is 6.92 Å². The number of nitrogens with zero attached hydrogens (tertiary/aromatic N) is 2. The Morgan fingerprint density at radius 2 is 2.24 bits per heavy atom. The second-order valence-corrected chi connectivity index (χ2v) is 5.39. The first-order chi connectivity index (χ1) is 10.3. The maximum absolute atomic E-state index is 12.3. The van der Waals surface area contributed by atoms with E-state index in [-0.39, 0.29) is 5.91 Å². The van der Waals surface area contributed by atoms with Gasteiger partial charge in [-0.3, -0.25) is 4.79 Å². The van der Waals surface area contributed by atoms with E-state index in [1.165, 1.54) is 6.42 Å². The summed E-state index contributed by atoms with van der Waals surface area (Å²) in [5, 5.41) is 10.7. The fraction of sp³-hybridized carbons (Fsp3) is 0.375. The van der Waals surface area contributed by atoms with Gasteiger partial charge in [-0.1, -0.05) is 18.2 Å². The maximum atomic E-state index is 12.3. The molecule has 3 rings (SSSR count). The van der Waals surface area contributed by atoms with Crippen molar-refractivity contribution in [3.8, 4) is 5.69 Å². The summed E-state index contributed by atoms with van der Waals surface area (Å²) < 4.78 is 1.79. The molecule has 2 heterocycles. The van der Waals surface area contributed by atoms with Crippen LogP contribution in [-0.2, 0) is 0 Å². The van der Waals surface area contributed by atoms with Gasteiger partial charge in [-0.15, -0.1) is 0 Å². The summed E-state index contributed by atoms with van der Waals surface area (Å²) in [5.41, 5.74) is 2.46. The summed E-state index contributed by atoms with van der Waals surface area (Å²) in [5.74, 6) is -0.0524. The smallest absolute Gasteiger partial charge is 0.254 e. The van der Waals surface area contributed by atoms with Crippen LogP contribution in [0.25, 0.3) is 5.69 Å². The second kappa shape index (κ2) is 6.10. The molecule has 0 bridgehead atoms. The number of para-hydroxylation sites is 1. The van der Waals surface area contributed by atoms with Crippen LogP contribution in [0.5, 0.6) is 0 Å². The summed E-state index contributed by atoms with van der Waals surface area (Å²) in [6, 6.07) is 10.2. The minimum absolute atomic E-state index is 0.0524. The van der Waals surface area contributed by atoms with E-state index in [4.69, 9.17) is 0 Å². The molecule has 2 N–H and O–H groups in total. The van der Waals surface area contributed by atoms with Gasteiger partial charge in [0.1, 0.15) is 0 Å². The van der Waals surface area contributed by atoms with Gasteiger partial charge in [-0.05, 0) is 38.4 Å². The van der Waals surface area contributed by atoms with E-state index in [0.29, 0.717) is 18.2 Å². The van der Waals surface area contributed by atoms with Gasteiger partial charge in [0.15, 0.2) is 0 Å². The van der Waals surface area contributed by atoms with E-state index in [0.717, 1.165) is 24.3 Å². The molecule has 5 nitrogen and oxygen atoms in total. The van der Waals surface area contributed by atoms with Crippen LogP contribution in [0.4, 0.5) is 0 Å². The molecule has 110 valence electrons. The first kappa shape index (κ1) is 13.8. The molecule has 1 saturated heterocycles. The fourth-order valence-electron chi connectivity index (χ4n) is 2.70. The lowest BCUT2D eigenvalue weighted by atomic mass is 10.2. The number of hydrogen-bond donors (Lipinski definition) is 2. The molecular formula is C16H20N4O. The Kier molecular flexibility index (Phi) is 4.01. The van der Waals surface area contributed by atoms with Crippen molar-refractivity contribution >= 4 is 5.91 Å². The molecule has 1 atom stereocenters. The topological polar surface area (TPSA) is 59.0 Å². The molecule has 1 aromatic heterocycles. The van der Waals surface area contributed by atoms with Gasteiger partial charge >= 0.3 is 0 Å². The van der Waals surface area contributed by atoms with Gasteiger partial charge in [-0.25, -0.2) is 4.68 Å². The molecule has 2 aromatic rings. The molecule has 5 heteroatoms. The predicted molar refractivity (Wildman–Crippen MR) is 81.7 cm³/mol. The van der Waals surface area contributed by atoms with E-state index >= 15 is 0 Å². The van der Waals surface area contributed by atoms with Crippen molar-refractivity contribution in [3.63, 3.8) is 0 Å². The average molecular weight is 284 g/mol. The number of aromatic nitrogens is 2. The lowest BCUT2D eigenvalue weighted by Gasteiger charge is -2.11. The van der Waals surface area contributed by atoms with E-state index in [2.05, 4.69) is 15.7 Å². The normalized spacial score (nSPS) is 17.9. The summed E-state index contributed by atoms with van der Waals surface area (Å²) >= 11 is 0. The average Bonchev–Trinajstić information content (AvgIpc) is 3.15. The van der Waals surface area contributed by atoms with E-state index in [1.807, 2.05) is 37.3 Å². The molecule has 0 radical (unpaired) electrons. The zero-order chi connectivity index (χ0) is 14.7. The standard InChI is InChI=1S/C16H20N4O/c1-12-15(16(21)18-10-13-6-5-9-17-13)11-19-20(12)14-7-3-2-4-8-14/h2-4,7-8,11,13,17H,5-6,9-10H2,1H3,(H,18,21). The van der Waals surface area contributed by atoms with Crippen molar-refractivity contribution in [2.45, 2.75) is 25.8 Å². The Morgan fingerprint density at radius 3 is 2.95 bits per heavy atom. The van der Waals surface area contributed by atoms with Crippen molar-refractivity contribution in [1.82, 2.24) is 20.4 Å². The summed E-state index contributed by atoms with van der Waals surface area (Å²) in [6.45, 7) is 3.64. The fourth-order valence-corrected chi connectivity index (χ4v) is 2.70. The second-order valence-electron chi connectivity index (χ2n) is 5.39. The zero-order valence-electron chi connectivity index (χ0n) is 12.2. The SMILES string of the molecule is Cc1c(C(=O)NCC2CCCN2)cnn1-c1ccccc1. The van der Waals surface area contributed by atoms with E-state index in [9.17, 15) is 4.79 Å². The Balaban J connectivity index is 1.71. The van der Waals surface area contributed by atoms with Gasteiger partial charge < -0.3 is 10.6 Å². The number of amides is 1. The molecule has 1 aliphatic rings. The van der Waals surface area contributed by atoms with Crippen molar-refractivity contribution in [2.24, 2.45) is 0 Å². The highest BCUT2D eigenvalue weighted by atomic mass is 16.1. The largest absolute Gasteiger partial charge is 0.350 e. The van der Waals surface area contributed by atoms with Crippen LogP contribution in [0.1, 0.15) is 28.9 Å². The molecule has 1 amide bonds. The molecule has 0 aliphatic carbocycles. The maximum Gasteiger partial charge on any atom is 0.254 e. The van der Waals surface area contributed by atoms with Gasteiger partial charge in [0.25, 0.3) is 5.91 Å². The Morgan fingerprint density at radius 1 is 1.43 bits per heavy atom. The highest BCUT2D eigenvalue weighted by Crippen LogP contribution is 2.14. The van der Waals surface area contributed by atoms with Crippen LogP contribution in [0.3, 0.4) is 0 Å². The third-order valence-electron chi connectivity index (χ3n) is 3.93. The predicted octanol–water partition coefficient (Wildman–Crippen LogP) is 1.66. The van der Waals surface area contributed by atoms with Crippen molar-refractivity contribution in [2.75, 3.05) is 13.1 Å². The minimum Gasteiger partial charge on any atom is -0.350 e. The number of carbonyl (C=O) groups is 1. The van der Waals surface area contributed by atoms with Gasteiger partial charge in [-0.2, -0.15) is 5.10 Å². The number of benzene rings is 1. The summed E-state index contributed by atoms with van der Waals surface area (Å²) in [7, 11) is 0. The third kappa shape index (κ3) is 2.97. The minimum atomic E-state index is -0.0524. The van der Waals surface area contributed by atoms with Crippen LogP contribution in [0.2, 0.25) is 0 Å².